The third-order valence-electron chi connectivity index (χ3n) is 2.37. The molecule has 2 rings (SSSR count). The zero-order chi connectivity index (χ0) is 9.26. The van der Waals surface area contributed by atoms with Crippen molar-refractivity contribution in [2.24, 2.45) is 0 Å². The first-order valence-corrected chi connectivity index (χ1v) is 4.75. The molecule has 1 N–H and O–H groups in total. The van der Waals surface area contributed by atoms with E-state index >= 15 is 0 Å². The summed E-state index contributed by atoms with van der Waals surface area (Å²) in [5, 5.41) is 4.08. The van der Waals surface area contributed by atoms with Crippen LogP contribution in [-0.4, -0.2) is 13.7 Å². The van der Waals surface area contributed by atoms with E-state index in [1.54, 1.807) is 7.11 Å². The van der Waals surface area contributed by atoms with Crippen LogP contribution in [-0.2, 0) is 4.74 Å². The molecule has 3 heteroatoms. The predicted octanol–water partition coefficient (Wildman–Crippen LogP) is 2.84. The molecule has 1 aliphatic heterocycles. The maximum Gasteiger partial charge on any atom is 0.0858 e. The number of rotatable bonds is 1. The first kappa shape index (κ1) is 8.85. The minimum absolute atomic E-state index is 0.190. The molecule has 2 nitrogen and oxygen atoms in total. The van der Waals surface area contributed by atoms with Crippen LogP contribution >= 0.6 is 11.6 Å². The van der Waals surface area contributed by atoms with Crippen LogP contribution in [0.3, 0.4) is 0 Å². The lowest BCUT2D eigenvalue weighted by atomic mass is 10.0. The summed E-state index contributed by atoms with van der Waals surface area (Å²) in [7, 11) is 1.74. The molecule has 1 aliphatic rings. The molecule has 0 saturated heterocycles. The summed E-state index contributed by atoms with van der Waals surface area (Å²) in [6, 6.07) is 5.87. The highest BCUT2D eigenvalue weighted by molar-refractivity contribution is 6.30. The molecule has 0 fully saturated rings. The van der Waals surface area contributed by atoms with Gasteiger partial charge in [0.1, 0.15) is 0 Å². The third-order valence-corrected chi connectivity index (χ3v) is 2.60. The third kappa shape index (κ3) is 1.64. The van der Waals surface area contributed by atoms with Crippen molar-refractivity contribution in [3.05, 3.63) is 28.8 Å². The zero-order valence-corrected chi connectivity index (χ0v) is 8.27. The van der Waals surface area contributed by atoms with Crippen molar-refractivity contribution in [2.45, 2.75) is 12.5 Å². The van der Waals surface area contributed by atoms with E-state index in [2.05, 4.69) is 5.32 Å². The average Bonchev–Trinajstić information content (AvgIpc) is 2.17. The average molecular weight is 198 g/mol. The summed E-state index contributed by atoms with van der Waals surface area (Å²) in [5.74, 6) is 0. The van der Waals surface area contributed by atoms with Gasteiger partial charge in [0.2, 0.25) is 0 Å². The molecule has 0 bridgehead atoms. The maximum absolute atomic E-state index is 5.92. The number of ether oxygens (including phenoxy) is 1. The van der Waals surface area contributed by atoms with Crippen LogP contribution in [0.4, 0.5) is 5.69 Å². The molecule has 70 valence electrons. The number of hydrogen-bond acceptors (Lipinski definition) is 2. The second-order valence-electron chi connectivity index (χ2n) is 3.17. The monoisotopic (exact) mass is 197 g/mol. The molecule has 0 spiro atoms. The summed E-state index contributed by atoms with van der Waals surface area (Å²) in [5.41, 5.74) is 2.31. The Balaban J connectivity index is 2.41. The molecular formula is C10H12ClNO. The van der Waals surface area contributed by atoms with E-state index in [4.69, 9.17) is 16.3 Å². The summed E-state index contributed by atoms with van der Waals surface area (Å²) in [4.78, 5) is 0. The highest BCUT2D eigenvalue weighted by atomic mass is 35.5. The Kier molecular flexibility index (Phi) is 2.42. The second-order valence-corrected chi connectivity index (χ2v) is 3.61. The Bertz CT molecular complexity index is 314. The van der Waals surface area contributed by atoms with Crippen molar-refractivity contribution >= 4 is 17.3 Å². The largest absolute Gasteiger partial charge is 0.385 e. The number of nitrogens with one attached hydrogen (secondary N) is 1. The van der Waals surface area contributed by atoms with Gasteiger partial charge < -0.3 is 10.1 Å². The first-order valence-electron chi connectivity index (χ1n) is 4.37. The molecular weight excluding hydrogens is 186 g/mol. The zero-order valence-electron chi connectivity index (χ0n) is 7.51. The number of hydrogen-bond donors (Lipinski definition) is 1. The van der Waals surface area contributed by atoms with Gasteiger partial charge in [0.05, 0.1) is 6.10 Å². The molecule has 0 amide bonds. The maximum atomic E-state index is 5.92. The number of benzene rings is 1. The van der Waals surface area contributed by atoms with Gasteiger partial charge in [0.15, 0.2) is 0 Å². The van der Waals surface area contributed by atoms with Crippen LogP contribution in [0.25, 0.3) is 0 Å². The van der Waals surface area contributed by atoms with Crippen molar-refractivity contribution in [3.63, 3.8) is 0 Å². The van der Waals surface area contributed by atoms with E-state index in [-0.39, 0.29) is 6.10 Å². The van der Waals surface area contributed by atoms with E-state index in [1.165, 1.54) is 5.56 Å². The van der Waals surface area contributed by atoms with Gasteiger partial charge in [-0.3, -0.25) is 0 Å². The quantitative estimate of drug-likeness (QED) is 0.748. The van der Waals surface area contributed by atoms with Crippen LogP contribution in [0.2, 0.25) is 5.02 Å². The lowest BCUT2D eigenvalue weighted by Gasteiger charge is -2.25. The van der Waals surface area contributed by atoms with Crippen LogP contribution < -0.4 is 5.32 Å². The molecule has 0 aromatic heterocycles. The summed E-state index contributed by atoms with van der Waals surface area (Å²) >= 11 is 5.92. The molecule has 0 aliphatic carbocycles. The molecule has 1 aromatic carbocycles. The molecule has 13 heavy (non-hydrogen) atoms. The second kappa shape index (κ2) is 3.56. The lowest BCUT2D eigenvalue weighted by Crippen LogP contribution is -2.17. The van der Waals surface area contributed by atoms with Crippen LogP contribution in [0.5, 0.6) is 0 Å². The minimum Gasteiger partial charge on any atom is -0.385 e. The van der Waals surface area contributed by atoms with Crippen LogP contribution in [0, 0.1) is 0 Å². The van der Waals surface area contributed by atoms with Gasteiger partial charge in [0.25, 0.3) is 0 Å². The topological polar surface area (TPSA) is 21.3 Å². The Morgan fingerprint density at radius 2 is 2.38 bits per heavy atom. The highest BCUT2D eigenvalue weighted by Crippen LogP contribution is 2.33. The molecule has 1 aromatic rings. The summed E-state index contributed by atoms with van der Waals surface area (Å²) < 4.78 is 5.37. The smallest absolute Gasteiger partial charge is 0.0858 e. The van der Waals surface area contributed by atoms with Gasteiger partial charge in [-0.15, -0.1) is 0 Å². The summed E-state index contributed by atoms with van der Waals surface area (Å²) in [6.45, 7) is 0.965. The van der Waals surface area contributed by atoms with Gasteiger partial charge in [-0.1, -0.05) is 11.6 Å². The van der Waals surface area contributed by atoms with E-state index in [9.17, 15) is 0 Å². The fourth-order valence-electron chi connectivity index (χ4n) is 1.70. The van der Waals surface area contributed by atoms with E-state index in [0.717, 1.165) is 23.7 Å². The molecule has 1 atom stereocenters. The molecule has 1 unspecified atom stereocenters. The Morgan fingerprint density at radius 3 is 3.15 bits per heavy atom. The first-order chi connectivity index (χ1) is 6.31. The van der Waals surface area contributed by atoms with Gasteiger partial charge in [-0.05, 0) is 24.6 Å². The molecule has 0 radical (unpaired) electrons. The van der Waals surface area contributed by atoms with Crippen molar-refractivity contribution in [2.75, 3.05) is 19.0 Å². The predicted molar refractivity (Wildman–Crippen MR) is 54.3 cm³/mol. The van der Waals surface area contributed by atoms with E-state index in [0.29, 0.717) is 0 Å². The number of fused-ring (bicyclic) bond motifs is 1. The van der Waals surface area contributed by atoms with Gasteiger partial charge in [-0.25, -0.2) is 0 Å². The Hall–Kier alpha value is -0.730. The Labute approximate surface area is 82.9 Å². The highest BCUT2D eigenvalue weighted by Gasteiger charge is 2.19. The van der Waals surface area contributed by atoms with E-state index in [1.807, 2.05) is 18.2 Å². The number of methoxy groups -OCH3 is 1. The van der Waals surface area contributed by atoms with Crippen LogP contribution in [0.15, 0.2) is 18.2 Å². The fourth-order valence-corrected chi connectivity index (χ4v) is 1.88. The van der Waals surface area contributed by atoms with Gasteiger partial charge in [-0.2, -0.15) is 0 Å². The summed E-state index contributed by atoms with van der Waals surface area (Å²) in [6.07, 6.45) is 1.19. The normalized spacial score (nSPS) is 20.6. The SMILES string of the molecule is COC1CCNc2ccc(Cl)cc21. The molecule has 1 heterocycles. The van der Waals surface area contributed by atoms with Crippen molar-refractivity contribution in [1.82, 2.24) is 0 Å². The van der Waals surface area contributed by atoms with E-state index < -0.39 is 0 Å². The Morgan fingerprint density at radius 1 is 1.54 bits per heavy atom. The number of halogens is 1. The lowest BCUT2D eigenvalue weighted by molar-refractivity contribution is 0.0965. The fraction of sp³-hybridized carbons (Fsp3) is 0.400. The molecule has 0 saturated carbocycles. The van der Waals surface area contributed by atoms with Crippen molar-refractivity contribution < 1.29 is 4.74 Å². The minimum atomic E-state index is 0.190. The standard InChI is InChI=1S/C10H12ClNO/c1-13-10-4-5-12-9-3-2-7(11)6-8(9)10/h2-3,6,10,12H,4-5H2,1H3. The van der Waals surface area contributed by atoms with Crippen molar-refractivity contribution in [1.29, 1.82) is 0 Å². The van der Waals surface area contributed by atoms with Gasteiger partial charge >= 0.3 is 0 Å². The van der Waals surface area contributed by atoms with Crippen LogP contribution in [0.1, 0.15) is 18.1 Å². The van der Waals surface area contributed by atoms with Crippen molar-refractivity contribution in [3.8, 4) is 0 Å². The number of anilines is 1. The van der Waals surface area contributed by atoms with Gasteiger partial charge in [0, 0.05) is 29.9 Å².